The zero-order valence-electron chi connectivity index (χ0n) is 31.7. The van der Waals surface area contributed by atoms with Crippen LogP contribution in [0.3, 0.4) is 0 Å². The third-order valence-corrected chi connectivity index (χ3v) is 10.9. The summed E-state index contributed by atoms with van der Waals surface area (Å²) in [5.41, 5.74) is 2.62. The van der Waals surface area contributed by atoms with Crippen LogP contribution < -0.4 is 26.4 Å². The third kappa shape index (κ3) is 8.97. The van der Waals surface area contributed by atoms with Crippen LogP contribution in [0.1, 0.15) is 121 Å². The van der Waals surface area contributed by atoms with Crippen LogP contribution in [0.2, 0.25) is 0 Å². The minimum Gasteiger partial charge on any atom is -0.507 e. The minimum absolute atomic E-state index is 0.00233. The van der Waals surface area contributed by atoms with Crippen molar-refractivity contribution < 1.29 is 49.0 Å². The number of carbonyl (C=O) groups excluding carboxylic acids is 3. The van der Waals surface area contributed by atoms with E-state index in [4.69, 9.17) is 19.9 Å². The molecule has 2 aliphatic carbocycles. The number of rotatable bonds is 20. The number of aliphatic hydroxyl groups excluding tert-OH is 1. The Morgan fingerprint density at radius 3 is 2.20 bits per heavy atom. The number of phenols is 2. The molecule has 0 radical (unpaired) electrons. The number of fused-ring (bicyclic) bond motifs is 3. The fourth-order valence-electron chi connectivity index (χ4n) is 7.91. The molecule has 14 heteroatoms. The molecule has 2 aromatic carbocycles. The highest BCUT2D eigenvalue weighted by atomic mass is 16.7. The Hall–Kier alpha value is -3.47. The third-order valence-electron chi connectivity index (χ3n) is 10.9. The molecule has 1 aliphatic heterocycles. The van der Waals surface area contributed by atoms with E-state index in [1.807, 2.05) is 0 Å². The number of hydrogen-bond acceptors (Lipinski definition) is 14. The average Bonchev–Trinajstić information content (AvgIpc) is 3.16. The maximum Gasteiger partial charge on any atom is 0.202 e. The molecule has 1 saturated heterocycles. The number of hydrogen-bond donors (Lipinski definition) is 8. The number of Topliss-reactive ketones (excluding diaryl/α,β-unsaturated/α-hetero) is 1. The van der Waals surface area contributed by atoms with Gasteiger partial charge in [0, 0.05) is 48.4 Å². The second kappa shape index (κ2) is 18.9. The summed E-state index contributed by atoms with van der Waals surface area (Å²) in [6.07, 6.45) is 2.03. The van der Waals surface area contributed by atoms with E-state index in [1.165, 1.54) is 19.2 Å². The molecule has 5 rings (SSSR count). The smallest absolute Gasteiger partial charge is 0.202 e. The Labute approximate surface area is 317 Å². The molecule has 9 N–H and O–H groups in total. The summed E-state index contributed by atoms with van der Waals surface area (Å²) in [6.45, 7) is 8.57. The van der Waals surface area contributed by atoms with Crippen molar-refractivity contribution >= 4 is 17.3 Å². The Balaban J connectivity index is 1.26. The van der Waals surface area contributed by atoms with Crippen LogP contribution in [0, 0.1) is 0 Å². The SMILES string of the molecule is CCC(=O)[C@]1(O)Cc2c(O)c3c(c(O)c2C(O[C@H]2C[C@H](NCCCCNCCCCNCCCCN)[C@H](O)[C@H](C)O2)C1)C(=O)c1c(OC)cccc1C3=O. The van der Waals surface area contributed by atoms with E-state index in [2.05, 4.69) is 16.0 Å². The largest absolute Gasteiger partial charge is 0.507 e. The minimum atomic E-state index is -2.00. The molecule has 0 amide bonds. The molecule has 1 unspecified atom stereocenters. The molecule has 14 nitrogen and oxygen atoms in total. The number of aromatic hydroxyl groups is 2. The topological polar surface area (TPSA) is 222 Å². The van der Waals surface area contributed by atoms with Crippen molar-refractivity contribution in [2.24, 2.45) is 5.73 Å². The monoisotopic (exact) mass is 754 g/mol. The molecule has 54 heavy (non-hydrogen) atoms. The van der Waals surface area contributed by atoms with Crippen LogP contribution in [0.25, 0.3) is 0 Å². The lowest BCUT2D eigenvalue weighted by Crippen LogP contribution is -2.54. The van der Waals surface area contributed by atoms with Gasteiger partial charge in [-0.1, -0.05) is 19.1 Å². The van der Waals surface area contributed by atoms with E-state index in [0.29, 0.717) is 6.54 Å². The molecule has 2 aromatic rings. The normalized spacial score (nSPS) is 24.9. The lowest BCUT2D eigenvalue weighted by atomic mass is 9.71. The number of nitrogens with two attached hydrogens (primary N) is 1. The number of methoxy groups -OCH3 is 1. The first-order valence-electron chi connectivity index (χ1n) is 19.4. The number of ether oxygens (including phenoxy) is 3. The van der Waals surface area contributed by atoms with Gasteiger partial charge >= 0.3 is 0 Å². The van der Waals surface area contributed by atoms with Crippen LogP contribution in [-0.2, 0) is 20.7 Å². The molecule has 3 aliphatic rings. The van der Waals surface area contributed by atoms with Crippen molar-refractivity contribution in [2.75, 3.05) is 46.4 Å². The van der Waals surface area contributed by atoms with Crippen molar-refractivity contribution in [1.29, 1.82) is 0 Å². The first-order valence-corrected chi connectivity index (χ1v) is 19.4. The molecule has 1 fully saturated rings. The van der Waals surface area contributed by atoms with Gasteiger partial charge < -0.3 is 56.3 Å². The summed E-state index contributed by atoms with van der Waals surface area (Å²) >= 11 is 0. The summed E-state index contributed by atoms with van der Waals surface area (Å²) in [6, 6.07) is 4.10. The molecular weight excluding hydrogens is 696 g/mol. The van der Waals surface area contributed by atoms with Crippen molar-refractivity contribution in [2.45, 2.75) is 114 Å². The summed E-state index contributed by atoms with van der Waals surface area (Å²) in [4.78, 5) is 40.9. The molecule has 0 aromatic heterocycles. The van der Waals surface area contributed by atoms with Gasteiger partial charge in [-0.15, -0.1) is 0 Å². The van der Waals surface area contributed by atoms with Gasteiger partial charge in [-0.3, -0.25) is 14.4 Å². The number of unbranched alkanes of at least 4 members (excludes halogenated alkanes) is 3. The Bertz CT molecular complexity index is 1650. The Kier molecular flexibility index (Phi) is 14.6. The van der Waals surface area contributed by atoms with Gasteiger partial charge in [-0.25, -0.2) is 0 Å². The van der Waals surface area contributed by atoms with E-state index < -0.39 is 82.6 Å². The summed E-state index contributed by atoms with van der Waals surface area (Å²) in [5.74, 6) is -2.98. The number of ketones is 3. The summed E-state index contributed by atoms with van der Waals surface area (Å²) in [5, 5.41) is 56.5. The lowest BCUT2D eigenvalue weighted by molar-refractivity contribution is -0.249. The van der Waals surface area contributed by atoms with E-state index in [-0.39, 0.29) is 47.3 Å². The van der Waals surface area contributed by atoms with Crippen LogP contribution in [0.5, 0.6) is 17.2 Å². The van der Waals surface area contributed by atoms with Gasteiger partial charge in [-0.05, 0) is 90.8 Å². The van der Waals surface area contributed by atoms with Crippen LogP contribution in [-0.4, -0.2) is 114 Å². The van der Waals surface area contributed by atoms with Gasteiger partial charge in [0.25, 0.3) is 0 Å². The molecular formula is C40H58N4O10. The second-order valence-electron chi connectivity index (χ2n) is 14.7. The highest BCUT2D eigenvalue weighted by Crippen LogP contribution is 2.52. The van der Waals surface area contributed by atoms with Crippen molar-refractivity contribution in [3.05, 3.63) is 51.6 Å². The number of carbonyl (C=O) groups is 3. The van der Waals surface area contributed by atoms with Gasteiger partial charge in [-0.2, -0.15) is 0 Å². The molecule has 0 bridgehead atoms. The maximum absolute atomic E-state index is 13.9. The number of nitrogens with one attached hydrogen (secondary N) is 3. The highest BCUT2D eigenvalue weighted by Gasteiger charge is 2.50. The van der Waals surface area contributed by atoms with E-state index >= 15 is 0 Å². The lowest BCUT2D eigenvalue weighted by Gasteiger charge is -2.43. The average molecular weight is 755 g/mol. The van der Waals surface area contributed by atoms with Crippen molar-refractivity contribution in [3.8, 4) is 17.2 Å². The van der Waals surface area contributed by atoms with Crippen LogP contribution in [0.4, 0.5) is 0 Å². The fourth-order valence-corrected chi connectivity index (χ4v) is 7.91. The fraction of sp³-hybridized carbons (Fsp3) is 0.625. The first-order chi connectivity index (χ1) is 26.0. The van der Waals surface area contributed by atoms with Gasteiger partial charge in [0.05, 0.1) is 42.1 Å². The number of benzene rings is 2. The second-order valence-corrected chi connectivity index (χ2v) is 14.7. The highest BCUT2D eigenvalue weighted by molar-refractivity contribution is 6.31. The molecule has 298 valence electrons. The van der Waals surface area contributed by atoms with Crippen LogP contribution >= 0.6 is 0 Å². The first kappa shape index (κ1) is 41.7. The standard InChI is InChI=1S/C40H58N4O10/c1-4-29(45)40(51)21-25-32(39(50)34-33(37(25)48)36(47)24-12-11-13-27(52-3)31(24)38(34)49)28(22-40)54-30-20-26(35(46)23(2)53-30)44-19-10-9-18-43-17-8-7-16-42-15-6-5-14-41/h11-13,23,26,28,30,35,42-44,46,48,50-51H,4-10,14-22,41H2,1-3H3/t23-,26-,28?,30-,35+,40-/m0/s1. The van der Waals surface area contributed by atoms with E-state index in [9.17, 15) is 34.8 Å². The quantitative estimate of drug-likeness (QED) is 0.0614. The van der Waals surface area contributed by atoms with Crippen LogP contribution in [0.15, 0.2) is 18.2 Å². The zero-order valence-corrected chi connectivity index (χ0v) is 31.7. The zero-order chi connectivity index (χ0) is 39.0. The molecule has 0 spiro atoms. The molecule has 0 saturated carbocycles. The van der Waals surface area contributed by atoms with Gasteiger partial charge in [0.15, 0.2) is 17.9 Å². The molecule has 1 heterocycles. The predicted octanol–water partition coefficient (Wildman–Crippen LogP) is 2.53. The van der Waals surface area contributed by atoms with Crippen molar-refractivity contribution in [3.63, 3.8) is 0 Å². The summed E-state index contributed by atoms with van der Waals surface area (Å²) in [7, 11) is 1.36. The Morgan fingerprint density at radius 2 is 1.57 bits per heavy atom. The van der Waals surface area contributed by atoms with E-state index in [1.54, 1.807) is 19.9 Å². The predicted molar refractivity (Wildman–Crippen MR) is 201 cm³/mol. The summed E-state index contributed by atoms with van der Waals surface area (Å²) < 4.78 is 17.8. The van der Waals surface area contributed by atoms with Crippen molar-refractivity contribution in [1.82, 2.24) is 16.0 Å². The number of phenolic OH excluding ortho intramolecular Hbond substituents is 2. The Morgan fingerprint density at radius 1 is 0.944 bits per heavy atom. The van der Waals surface area contributed by atoms with E-state index in [0.717, 1.165) is 71.2 Å². The number of aliphatic hydroxyl groups is 2. The van der Waals surface area contributed by atoms with Gasteiger partial charge in [0.1, 0.15) is 22.8 Å². The molecule has 6 atom stereocenters. The van der Waals surface area contributed by atoms with Gasteiger partial charge in [0.2, 0.25) is 5.78 Å². The maximum atomic E-state index is 13.9.